The normalized spacial score (nSPS) is 10.4. The van der Waals surface area contributed by atoms with Crippen molar-refractivity contribution in [2.75, 3.05) is 0 Å². The van der Waals surface area contributed by atoms with Gasteiger partial charge in [0, 0.05) is 11.4 Å². The third-order valence-electron chi connectivity index (χ3n) is 1.71. The Morgan fingerprint density at radius 1 is 1.57 bits per heavy atom. The Morgan fingerprint density at radius 2 is 2.36 bits per heavy atom. The van der Waals surface area contributed by atoms with Gasteiger partial charge in [0.25, 0.3) is 0 Å². The van der Waals surface area contributed by atoms with Crippen LogP contribution in [0.5, 0.6) is 0 Å². The maximum atomic E-state index is 10.8. The van der Waals surface area contributed by atoms with E-state index in [9.17, 15) is 4.79 Å². The fraction of sp³-hybridized carbons (Fsp3) is 0.111. The third-order valence-corrected chi connectivity index (χ3v) is 2.35. The fourth-order valence-electron chi connectivity index (χ4n) is 1.21. The number of halogens is 1. The van der Waals surface area contributed by atoms with Crippen molar-refractivity contribution in [3.8, 4) is 0 Å². The van der Waals surface area contributed by atoms with Crippen LogP contribution in [0, 0.1) is 0 Å². The van der Waals surface area contributed by atoms with E-state index in [1.165, 1.54) is 18.0 Å². The van der Waals surface area contributed by atoms with Crippen molar-refractivity contribution in [2.24, 2.45) is 0 Å². The first-order valence-corrected chi connectivity index (χ1v) is 4.78. The predicted octanol–water partition coefficient (Wildman–Crippen LogP) is 1.77. The van der Waals surface area contributed by atoms with Gasteiger partial charge in [0.2, 0.25) is 0 Å². The Balaban J connectivity index is 2.61. The maximum Gasteiger partial charge on any atom is 0.329 e. The van der Waals surface area contributed by atoms with Crippen molar-refractivity contribution >= 4 is 32.9 Å². The molecule has 2 aromatic rings. The Kier molecular flexibility index (Phi) is 2.25. The zero-order valence-electron chi connectivity index (χ0n) is 7.40. The van der Waals surface area contributed by atoms with Gasteiger partial charge in [-0.2, -0.15) is 4.73 Å². The first-order chi connectivity index (χ1) is 6.68. The number of fused-ring (bicyclic) bond motifs is 1. The number of aromatic nitrogens is 2. The highest BCUT2D eigenvalue weighted by Gasteiger charge is 2.07. The molecule has 1 aromatic heterocycles. The van der Waals surface area contributed by atoms with Gasteiger partial charge in [0.05, 0.1) is 5.52 Å². The summed E-state index contributed by atoms with van der Waals surface area (Å²) in [7, 11) is 0. The molecule has 0 N–H and O–H groups in total. The quantitative estimate of drug-likeness (QED) is 0.780. The molecule has 0 aliphatic rings. The monoisotopic (exact) mass is 254 g/mol. The number of hydrogen-bond acceptors (Lipinski definition) is 3. The second-order valence-corrected chi connectivity index (χ2v) is 3.62. The summed E-state index contributed by atoms with van der Waals surface area (Å²) in [4.78, 5) is 19.8. The molecule has 14 heavy (non-hydrogen) atoms. The van der Waals surface area contributed by atoms with E-state index in [0.29, 0.717) is 0 Å². The number of carbonyl (C=O) groups excluding carboxylic acids is 1. The van der Waals surface area contributed by atoms with E-state index in [2.05, 4.69) is 20.9 Å². The Morgan fingerprint density at radius 3 is 3.07 bits per heavy atom. The molecule has 2 rings (SSSR count). The van der Waals surface area contributed by atoms with E-state index in [4.69, 9.17) is 4.84 Å². The van der Waals surface area contributed by atoms with Crippen LogP contribution in [-0.4, -0.2) is 15.7 Å². The van der Waals surface area contributed by atoms with Gasteiger partial charge in [0.1, 0.15) is 11.8 Å². The third kappa shape index (κ3) is 1.50. The molecule has 0 bridgehead atoms. The Hall–Kier alpha value is -1.36. The van der Waals surface area contributed by atoms with Gasteiger partial charge >= 0.3 is 5.97 Å². The van der Waals surface area contributed by atoms with Crippen LogP contribution in [0.1, 0.15) is 6.92 Å². The molecule has 0 atom stereocenters. The van der Waals surface area contributed by atoms with E-state index >= 15 is 0 Å². The standard InChI is InChI=1S/C9H7BrN2O2/c1-6(13)14-12-5-11-8-4-2-3-7(10)9(8)12/h2-5H,1H3. The van der Waals surface area contributed by atoms with Crippen LogP contribution < -0.4 is 4.84 Å². The molecule has 1 heterocycles. The fourth-order valence-corrected chi connectivity index (χ4v) is 1.74. The topological polar surface area (TPSA) is 44.1 Å². The lowest BCUT2D eigenvalue weighted by Crippen LogP contribution is -2.15. The average Bonchev–Trinajstić information content (AvgIpc) is 2.49. The maximum absolute atomic E-state index is 10.8. The van der Waals surface area contributed by atoms with Crippen molar-refractivity contribution in [3.63, 3.8) is 0 Å². The van der Waals surface area contributed by atoms with Crippen molar-refractivity contribution in [1.82, 2.24) is 9.71 Å². The van der Waals surface area contributed by atoms with E-state index in [0.717, 1.165) is 15.5 Å². The van der Waals surface area contributed by atoms with Crippen molar-refractivity contribution in [2.45, 2.75) is 6.92 Å². The van der Waals surface area contributed by atoms with Gasteiger partial charge in [-0.05, 0) is 28.1 Å². The molecular formula is C9H7BrN2O2. The molecular weight excluding hydrogens is 248 g/mol. The summed E-state index contributed by atoms with van der Waals surface area (Å²) in [6.45, 7) is 1.35. The number of rotatable bonds is 1. The predicted molar refractivity (Wildman–Crippen MR) is 54.7 cm³/mol. The lowest BCUT2D eigenvalue weighted by molar-refractivity contribution is -0.141. The summed E-state index contributed by atoms with van der Waals surface area (Å²) < 4.78 is 2.19. The second kappa shape index (κ2) is 3.42. The minimum absolute atomic E-state index is 0.375. The first-order valence-electron chi connectivity index (χ1n) is 3.99. The van der Waals surface area contributed by atoms with Gasteiger partial charge < -0.3 is 4.84 Å². The molecule has 0 saturated heterocycles. The molecule has 0 fully saturated rings. The Labute approximate surface area is 88.6 Å². The summed E-state index contributed by atoms with van der Waals surface area (Å²) in [5, 5.41) is 0. The SMILES string of the molecule is CC(=O)On1cnc2cccc(Br)c21. The highest BCUT2D eigenvalue weighted by atomic mass is 79.9. The van der Waals surface area contributed by atoms with Gasteiger partial charge in [-0.15, -0.1) is 0 Å². The van der Waals surface area contributed by atoms with E-state index in [1.54, 1.807) is 0 Å². The molecule has 0 saturated carbocycles. The van der Waals surface area contributed by atoms with Gasteiger partial charge in [-0.3, -0.25) is 0 Å². The molecule has 4 nitrogen and oxygen atoms in total. The van der Waals surface area contributed by atoms with Gasteiger partial charge in [0.15, 0.2) is 0 Å². The van der Waals surface area contributed by atoms with Crippen LogP contribution in [0.15, 0.2) is 29.0 Å². The van der Waals surface area contributed by atoms with E-state index in [-0.39, 0.29) is 5.97 Å². The number of hydrogen-bond donors (Lipinski definition) is 0. The van der Waals surface area contributed by atoms with Crippen molar-refractivity contribution in [1.29, 1.82) is 0 Å². The minimum atomic E-state index is -0.375. The van der Waals surface area contributed by atoms with Crippen LogP contribution in [0.4, 0.5) is 0 Å². The molecule has 0 amide bonds. The zero-order chi connectivity index (χ0) is 10.1. The van der Waals surface area contributed by atoms with Crippen LogP contribution in [0.2, 0.25) is 0 Å². The smallest absolute Gasteiger partial charge is 0.329 e. The average molecular weight is 255 g/mol. The van der Waals surface area contributed by atoms with Crippen LogP contribution >= 0.6 is 15.9 Å². The molecule has 1 aromatic carbocycles. The van der Waals surface area contributed by atoms with Crippen LogP contribution in [0.25, 0.3) is 11.0 Å². The molecule has 0 radical (unpaired) electrons. The number of carbonyl (C=O) groups is 1. The largest absolute Gasteiger partial charge is 0.335 e. The molecule has 0 spiro atoms. The van der Waals surface area contributed by atoms with Crippen molar-refractivity contribution < 1.29 is 9.63 Å². The van der Waals surface area contributed by atoms with Crippen LogP contribution in [-0.2, 0) is 4.79 Å². The van der Waals surface area contributed by atoms with E-state index < -0.39 is 0 Å². The number of imidazole rings is 1. The number of para-hydroxylation sites is 1. The molecule has 72 valence electrons. The first kappa shape index (κ1) is 9.21. The molecule has 0 unspecified atom stereocenters. The van der Waals surface area contributed by atoms with Crippen LogP contribution in [0.3, 0.4) is 0 Å². The zero-order valence-corrected chi connectivity index (χ0v) is 8.98. The lowest BCUT2D eigenvalue weighted by atomic mass is 10.3. The van der Waals surface area contributed by atoms with E-state index in [1.807, 2.05) is 18.2 Å². The summed E-state index contributed by atoms with van der Waals surface area (Å²) in [6, 6.07) is 5.58. The van der Waals surface area contributed by atoms with Gasteiger partial charge in [-0.25, -0.2) is 9.78 Å². The molecule has 0 aliphatic heterocycles. The highest BCUT2D eigenvalue weighted by molar-refractivity contribution is 9.10. The number of nitrogens with zero attached hydrogens (tertiary/aromatic N) is 2. The number of benzene rings is 1. The molecule has 5 heteroatoms. The lowest BCUT2D eigenvalue weighted by Gasteiger charge is -2.02. The molecule has 0 aliphatic carbocycles. The summed E-state index contributed by atoms with van der Waals surface area (Å²) in [6.07, 6.45) is 1.47. The minimum Gasteiger partial charge on any atom is -0.335 e. The van der Waals surface area contributed by atoms with Crippen molar-refractivity contribution in [3.05, 3.63) is 29.0 Å². The Bertz CT molecular complexity index is 493. The highest BCUT2D eigenvalue weighted by Crippen LogP contribution is 2.21. The second-order valence-electron chi connectivity index (χ2n) is 2.76. The van der Waals surface area contributed by atoms with Gasteiger partial charge in [-0.1, -0.05) is 6.07 Å². The summed E-state index contributed by atoms with van der Waals surface area (Å²) in [5.41, 5.74) is 1.53. The summed E-state index contributed by atoms with van der Waals surface area (Å²) >= 11 is 3.36. The summed E-state index contributed by atoms with van der Waals surface area (Å²) in [5.74, 6) is -0.375.